The van der Waals surface area contributed by atoms with Crippen LogP contribution in [0.25, 0.3) is 10.2 Å². The van der Waals surface area contributed by atoms with Crippen molar-refractivity contribution in [1.29, 1.82) is 0 Å². The first-order valence-electron chi connectivity index (χ1n) is 9.79. The summed E-state index contributed by atoms with van der Waals surface area (Å²) in [6, 6.07) is 13.8. The number of thiazole rings is 1. The van der Waals surface area contributed by atoms with E-state index >= 15 is 0 Å². The zero-order valence-corrected chi connectivity index (χ0v) is 18.4. The molecule has 0 spiro atoms. The molecule has 6 heteroatoms. The summed E-state index contributed by atoms with van der Waals surface area (Å²) < 4.78 is 12.0. The number of aromatic nitrogens is 1. The number of rotatable bonds is 6. The Morgan fingerprint density at radius 3 is 2.67 bits per heavy atom. The predicted octanol–water partition coefficient (Wildman–Crippen LogP) is 5.60. The van der Waals surface area contributed by atoms with Crippen molar-refractivity contribution in [3.05, 3.63) is 76.7 Å². The molecule has 2 aromatic heterocycles. The van der Waals surface area contributed by atoms with Crippen LogP contribution in [0.3, 0.4) is 0 Å². The van der Waals surface area contributed by atoms with Crippen molar-refractivity contribution in [3.63, 3.8) is 0 Å². The fourth-order valence-corrected chi connectivity index (χ4v) is 4.57. The average Bonchev–Trinajstić information content (AvgIpc) is 3.39. The molecule has 4 rings (SSSR count). The number of benzene rings is 2. The van der Waals surface area contributed by atoms with Crippen molar-refractivity contribution in [2.75, 3.05) is 12.0 Å². The van der Waals surface area contributed by atoms with E-state index in [4.69, 9.17) is 14.1 Å². The fourth-order valence-electron chi connectivity index (χ4n) is 3.50. The monoisotopic (exact) mass is 420 g/mol. The Morgan fingerprint density at radius 2 is 1.97 bits per heavy atom. The van der Waals surface area contributed by atoms with E-state index in [-0.39, 0.29) is 5.91 Å². The van der Waals surface area contributed by atoms with E-state index in [1.54, 1.807) is 18.3 Å². The van der Waals surface area contributed by atoms with Crippen LogP contribution in [0.15, 0.2) is 53.1 Å². The molecule has 0 saturated heterocycles. The second-order valence-electron chi connectivity index (χ2n) is 7.42. The maximum Gasteiger partial charge on any atom is 0.233 e. The minimum Gasteiger partial charge on any atom is -0.494 e. The molecular weight excluding hydrogens is 396 g/mol. The van der Waals surface area contributed by atoms with Gasteiger partial charge < -0.3 is 9.15 Å². The second kappa shape index (κ2) is 8.32. The van der Waals surface area contributed by atoms with Gasteiger partial charge in [0, 0.05) is 0 Å². The van der Waals surface area contributed by atoms with Gasteiger partial charge >= 0.3 is 0 Å². The number of anilines is 1. The van der Waals surface area contributed by atoms with Crippen LogP contribution < -0.4 is 9.64 Å². The van der Waals surface area contributed by atoms with Gasteiger partial charge in [-0.2, -0.15) is 0 Å². The molecule has 0 fully saturated rings. The molecule has 2 aromatic carbocycles. The lowest BCUT2D eigenvalue weighted by molar-refractivity contribution is -0.118. The number of hydrogen-bond acceptors (Lipinski definition) is 5. The lowest BCUT2D eigenvalue weighted by Gasteiger charge is -2.19. The smallest absolute Gasteiger partial charge is 0.233 e. The van der Waals surface area contributed by atoms with Gasteiger partial charge in [-0.05, 0) is 55.7 Å². The Balaban J connectivity index is 1.73. The first-order valence-corrected chi connectivity index (χ1v) is 10.6. The van der Waals surface area contributed by atoms with Crippen molar-refractivity contribution in [2.24, 2.45) is 0 Å². The van der Waals surface area contributed by atoms with Crippen LogP contribution in [-0.2, 0) is 17.8 Å². The average molecular weight is 421 g/mol. The zero-order valence-electron chi connectivity index (χ0n) is 17.6. The third-order valence-corrected chi connectivity index (χ3v) is 6.39. The molecule has 0 aliphatic rings. The summed E-state index contributed by atoms with van der Waals surface area (Å²) >= 11 is 1.50. The third-order valence-electron chi connectivity index (χ3n) is 5.18. The normalized spacial score (nSPS) is 11.1. The van der Waals surface area contributed by atoms with Crippen LogP contribution in [0.1, 0.15) is 28.0 Å². The van der Waals surface area contributed by atoms with E-state index in [9.17, 15) is 4.79 Å². The van der Waals surface area contributed by atoms with Gasteiger partial charge in [0.15, 0.2) is 5.13 Å². The number of methoxy groups -OCH3 is 1. The summed E-state index contributed by atoms with van der Waals surface area (Å²) in [4.78, 5) is 19.9. The largest absolute Gasteiger partial charge is 0.494 e. The van der Waals surface area contributed by atoms with E-state index in [0.717, 1.165) is 26.9 Å². The van der Waals surface area contributed by atoms with E-state index in [2.05, 4.69) is 13.0 Å². The van der Waals surface area contributed by atoms with E-state index in [0.29, 0.717) is 29.6 Å². The molecule has 154 valence electrons. The molecule has 0 saturated carbocycles. The van der Waals surface area contributed by atoms with Gasteiger partial charge in [0.2, 0.25) is 5.91 Å². The Kier molecular flexibility index (Phi) is 5.59. The molecule has 0 aliphatic carbocycles. The van der Waals surface area contributed by atoms with Gasteiger partial charge in [-0.1, -0.05) is 41.2 Å². The van der Waals surface area contributed by atoms with Crippen LogP contribution in [0.4, 0.5) is 5.13 Å². The van der Waals surface area contributed by atoms with Crippen LogP contribution in [0.2, 0.25) is 0 Å². The molecular formula is C24H24N2O3S. The number of fused-ring (bicyclic) bond motifs is 1. The first-order chi connectivity index (χ1) is 14.5. The van der Waals surface area contributed by atoms with Crippen LogP contribution >= 0.6 is 11.3 Å². The summed E-state index contributed by atoms with van der Waals surface area (Å²) in [5.74, 6) is 1.40. The van der Waals surface area contributed by atoms with Crippen molar-refractivity contribution in [1.82, 2.24) is 4.98 Å². The summed E-state index contributed by atoms with van der Waals surface area (Å²) in [7, 11) is 1.63. The number of hydrogen-bond donors (Lipinski definition) is 0. The summed E-state index contributed by atoms with van der Waals surface area (Å²) in [6.45, 7) is 6.47. The molecule has 0 aliphatic heterocycles. The predicted molar refractivity (Wildman–Crippen MR) is 120 cm³/mol. The van der Waals surface area contributed by atoms with Crippen molar-refractivity contribution in [3.8, 4) is 5.75 Å². The molecule has 0 bridgehead atoms. The third kappa shape index (κ3) is 3.96. The first kappa shape index (κ1) is 20.2. The van der Waals surface area contributed by atoms with Crippen LogP contribution in [-0.4, -0.2) is 18.0 Å². The second-order valence-corrected chi connectivity index (χ2v) is 8.40. The lowest BCUT2D eigenvalue weighted by Crippen LogP contribution is -2.31. The van der Waals surface area contributed by atoms with Crippen molar-refractivity contribution in [2.45, 2.75) is 33.7 Å². The quantitative estimate of drug-likeness (QED) is 0.407. The number of amides is 1. The number of carbonyl (C=O) groups excluding carboxylic acids is 1. The van der Waals surface area contributed by atoms with Gasteiger partial charge in [0.05, 0.1) is 31.0 Å². The molecule has 0 N–H and O–H groups in total. The van der Waals surface area contributed by atoms with Crippen molar-refractivity contribution >= 4 is 32.6 Å². The highest BCUT2D eigenvalue weighted by atomic mass is 32.1. The molecule has 30 heavy (non-hydrogen) atoms. The van der Waals surface area contributed by atoms with Gasteiger partial charge in [-0.15, -0.1) is 0 Å². The summed E-state index contributed by atoms with van der Waals surface area (Å²) in [5, 5.41) is 0.642. The molecule has 4 aromatic rings. The maximum absolute atomic E-state index is 13.4. The van der Waals surface area contributed by atoms with Crippen LogP contribution in [0.5, 0.6) is 5.75 Å². The molecule has 5 nitrogen and oxygen atoms in total. The Morgan fingerprint density at radius 1 is 1.13 bits per heavy atom. The standard InChI is InChI=1S/C24H24N2O3S/c1-15-7-9-18(17(3)12-15)13-21(27)26(14-19-6-5-11-29-19)24-25-22-20(28-4)10-8-16(2)23(22)30-24/h5-12H,13-14H2,1-4H3. The van der Waals surface area contributed by atoms with Crippen LogP contribution in [0, 0.1) is 20.8 Å². The molecule has 0 radical (unpaired) electrons. The highest BCUT2D eigenvalue weighted by Crippen LogP contribution is 2.37. The lowest BCUT2D eigenvalue weighted by atomic mass is 10.0. The molecule has 2 heterocycles. The Labute approximate surface area is 179 Å². The fraction of sp³-hybridized carbons (Fsp3) is 0.250. The van der Waals surface area contributed by atoms with Crippen molar-refractivity contribution < 1.29 is 13.9 Å². The SMILES string of the molecule is COc1ccc(C)c2sc(N(Cc3ccco3)C(=O)Cc3ccc(C)cc3C)nc12. The molecule has 0 unspecified atom stereocenters. The van der Waals surface area contributed by atoms with E-state index < -0.39 is 0 Å². The highest BCUT2D eigenvalue weighted by molar-refractivity contribution is 7.22. The topological polar surface area (TPSA) is 55.6 Å². The maximum atomic E-state index is 13.4. The van der Waals surface area contributed by atoms with Gasteiger partial charge in [-0.25, -0.2) is 4.98 Å². The Hall–Kier alpha value is -3.12. The number of ether oxygens (including phenoxy) is 1. The Bertz CT molecular complexity index is 1190. The number of carbonyl (C=O) groups is 1. The number of aryl methyl sites for hydroxylation is 3. The highest BCUT2D eigenvalue weighted by Gasteiger charge is 2.23. The van der Waals surface area contributed by atoms with Gasteiger partial charge in [0.25, 0.3) is 0 Å². The minimum absolute atomic E-state index is 0.0194. The number of furan rings is 1. The molecule has 1 amide bonds. The summed E-state index contributed by atoms with van der Waals surface area (Å²) in [5.41, 5.74) is 5.20. The number of nitrogens with zero attached hydrogens (tertiary/aromatic N) is 2. The van der Waals surface area contributed by atoms with E-state index in [1.807, 2.05) is 50.2 Å². The van der Waals surface area contributed by atoms with E-state index in [1.165, 1.54) is 16.9 Å². The van der Waals surface area contributed by atoms with Gasteiger partial charge in [-0.3, -0.25) is 9.69 Å². The molecule has 0 atom stereocenters. The summed E-state index contributed by atoms with van der Waals surface area (Å²) in [6.07, 6.45) is 1.92. The zero-order chi connectivity index (χ0) is 21.3. The minimum atomic E-state index is -0.0194. The van der Waals surface area contributed by atoms with Gasteiger partial charge in [0.1, 0.15) is 17.0 Å².